The summed E-state index contributed by atoms with van der Waals surface area (Å²) >= 11 is 1.52. The highest BCUT2D eigenvalue weighted by molar-refractivity contribution is 7.16. The minimum atomic E-state index is -0.141. The van der Waals surface area contributed by atoms with E-state index in [0.29, 0.717) is 11.4 Å². The third-order valence-electron chi connectivity index (χ3n) is 5.46. The Balaban J connectivity index is 1.60. The topological polar surface area (TPSA) is 80.1 Å². The Kier molecular flexibility index (Phi) is 4.10. The van der Waals surface area contributed by atoms with Crippen molar-refractivity contribution in [3.8, 4) is 11.4 Å². The number of imidazole rings is 1. The number of likely N-dealkylation sites (N-methyl/N-ethyl adjacent to an activating group) is 1. The molecule has 0 amide bonds. The van der Waals surface area contributed by atoms with Crippen molar-refractivity contribution in [2.75, 3.05) is 50.5 Å². The molecule has 4 heterocycles. The Morgan fingerprint density at radius 2 is 1.96 bits per heavy atom. The Morgan fingerprint density at radius 1 is 1.14 bits per heavy atom. The second kappa shape index (κ2) is 6.65. The van der Waals surface area contributed by atoms with E-state index in [1.54, 1.807) is 0 Å². The van der Waals surface area contributed by atoms with Crippen molar-refractivity contribution in [2.45, 2.75) is 0 Å². The van der Waals surface area contributed by atoms with Gasteiger partial charge in [0.1, 0.15) is 16.2 Å². The number of thiophene rings is 1. The van der Waals surface area contributed by atoms with Gasteiger partial charge in [-0.1, -0.05) is 0 Å². The van der Waals surface area contributed by atoms with Crippen LogP contribution in [0.25, 0.3) is 32.6 Å². The van der Waals surface area contributed by atoms with E-state index in [1.165, 1.54) is 17.0 Å². The van der Waals surface area contributed by atoms with E-state index >= 15 is 0 Å². The Bertz CT molecular complexity index is 1210. The maximum absolute atomic E-state index is 12.8. The van der Waals surface area contributed by atoms with Gasteiger partial charge in [0.2, 0.25) is 0 Å². The zero-order chi connectivity index (χ0) is 19.3. The zero-order valence-corrected chi connectivity index (χ0v) is 16.7. The lowest BCUT2D eigenvalue weighted by Gasteiger charge is -2.34. The molecule has 1 saturated heterocycles. The normalized spacial score (nSPS) is 15.6. The molecule has 0 atom stereocenters. The Hall–Kier alpha value is -2.84. The van der Waals surface area contributed by atoms with Crippen LogP contribution in [0.15, 0.2) is 34.4 Å². The lowest BCUT2D eigenvalue weighted by atomic mass is 10.1. The van der Waals surface area contributed by atoms with Gasteiger partial charge in [-0.25, -0.2) is 4.98 Å². The lowest BCUT2D eigenvalue weighted by Crippen LogP contribution is -2.44. The number of rotatable bonds is 3. The molecule has 0 radical (unpaired) electrons. The quantitative estimate of drug-likeness (QED) is 0.498. The second-order valence-electron chi connectivity index (χ2n) is 7.19. The first-order valence-corrected chi connectivity index (χ1v) is 10.3. The number of benzene rings is 1. The predicted octanol–water partition coefficient (Wildman–Crippen LogP) is 2.93. The average Bonchev–Trinajstić information content (AvgIpc) is 3.33. The third-order valence-corrected chi connectivity index (χ3v) is 6.29. The van der Waals surface area contributed by atoms with Crippen molar-refractivity contribution in [2.24, 2.45) is 0 Å². The van der Waals surface area contributed by atoms with Crippen LogP contribution in [0.2, 0.25) is 0 Å². The minimum absolute atomic E-state index is 0.141. The first-order valence-electron chi connectivity index (χ1n) is 9.39. The number of piperazine rings is 1. The standard InChI is InChI=1S/C20H22N6OS/c1-21-17-13-5-10-28-20(13)24-19(27)16(17)18-22-14-4-3-12(11-15(14)23-18)26-8-6-25(2)7-9-26/h3-5,10-11H,6-9H2,1-2H3,(H,22,23)(H2,21,24,27). The number of nitrogens with zero attached hydrogens (tertiary/aromatic N) is 3. The molecule has 28 heavy (non-hydrogen) atoms. The van der Waals surface area contributed by atoms with Gasteiger partial charge in [0.15, 0.2) is 0 Å². The van der Waals surface area contributed by atoms with Crippen molar-refractivity contribution in [3.63, 3.8) is 0 Å². The molecule has 1 fully saturated rings. The fourth-order valence-electron chi connectivity index (χ4n) is 3.88. The summed E-state index contributed by atoms with van der Waals surface area (Å²) < 4.78 is 0. The molecule has 0 aliphatic carbocycles. The van der Waals surface area contributed by atoms with E-state index in [-0.39, 0.29) is 5.56 Å². The van der Waals surface area contributed by atoms with Crippen LogP contribution < -0.4 is 15.8 Å². The van der Waals surface area contributed by atoms with Crippen molar-refractivity contribution in [1.82, 2.24) is 19.9 Å². The molecular weight excluding hydrogens is 372 g/mol. The molecule has 1 aromatic carbocycles. The highest BCUT2D eigenvalue weighted by Crippen LogP contribution is 2.33. The van der Waals surface area contributed by atoms with Crippen molar-refractivity contribution in [1.29, 1.82) is 0 Å². The van der Waals surface area contributed by atoms with Gasteiger partial charge in [-0.2, -0.15) is 0 Å². The molecule has 5 rings (SSSR count). The first kappa shape index (κ1) is 17.3. The fourth-order valence-corrected chi connectivity index (χ4v) is 4.67. The molecule has 8 heteroatoms. The molecule has 144 valence electrons. The summed E-state index contributed by atoms with van der Waals surface area (Å²) in [5.74, 6) is 0.587. The Morgan fingerprint density at radius 3 is 2.75 bits per heavy atom. The largest absolute Gasteiger partial charge is 0.387 e. The van der Waals surface area contributed by atoms with Crippen molar-refractivity contribution in [3.05, 3.63) is 40.0 Å². The summed E-state index contributed by atoms with van der Waals surface area (Å²) in [6.45, 7) is 4.16. The van der Waals surface area contributed by atoms with Crippen LogP contribution in [0, 0.1) is 0 Å². The number of anilines is 2. The third kappa shape index (κ3) is 2.76. The first-order chi connectivity index (χ1) is 13.6. The smallest absolute Gasteiger partial charge is 0.262 e. The second-order valence-corrected chi connectivity index (χ2v) is 8.11. The van der Waals surface area contributed by atoms with Gasteiger partial charge < -0.3 is 25.1 Å². The number of fused-ring (bicyclic) bond motifs is 2. The van der Waals surface area contributed by atoms with E-state index in [9.17, 15) is 4.79 Å². The molecule has 0 unspecified atom stereocenters. The van der Waals surface area contributed by atoms with Crippen LogP contribution in [0.1, 0.15) is 0 Å². The minimum Gasteiger partial charge on any atom is -0.387 e. The molecule has 7 nitrogen and oxygen atoms in total. The van der Waals surface area contributed by atoms with Gasteiger partial charge in [0.25, 0.3) is 5.56 Å². The number of hydrogen-bond acceptors (Lipinski definition) is 6. The summed E-state index contributed by atoms with van der Waals surface area (Å²) in [6.07, 6.45) is 0. The number of aromatic nitrogens is 3. The number of aromatic amines is 2. The predicted molar refractivity (Wildman–Crippen MR) is 117 cm³/mol. The van der Waals surface area contributed by atoms with E-state index in [4.69, 9.17) is 4.98 Å². The number of hydrogen-bond donors (Lipinski definition) is 3. The molecule has 1 aliphatic heterocycles. The molecule has 0 bridgehead atoms. The van der Waals surface area contributed by atoms with Crippen LogP contribution in [0.3, 0.4) is 0 Å². The maximum atomic E-state index is 12.8. The molecule has 0 saturated carbocycles. The average molecular weight is 395 g/mol. The van der Waals surface area contributed by atoms with E-state index in [2.05, 4.69) is 44.3 Å². The van der Waals surface area contributed by atoms with Gasteiger partial charge in [-0.05, 0) is 36.7 Å². The number of pyridine rings is 1. The van der Waals surface area contributed by atoms with Crippen molar-refractivity contribution >= 4 is 44.0 Å². The van der Waals surface area contributed by atoms with Crippen LogP contribution in [0.4, 0.5) is 11.4 Å². The highest BCUT2D eigenvalue weighted by Gasteiger charge is 2.19. The van der Waals surface area contributed by atoms with Crippen LogP contribution in [0.5, 0.6) is 0 Å². The molecule has 3 aromatic heterocycles. The monoisotopic (exact) mass is 394 g/mol. The van der Waals surface area contributed by atoms with Gasteiger partial charge in [0, 0.05) is 44.3 Å². The summed E-state index contributed by atoms with van der Waals surface area (Å²) in [5.41, 5.74) is 4.20. The zero-order valence-electron chi connectivity index (χ0n) is 15.9. The number of H-pyrrole nitrogens is 2. The summed E-state index contributed by atoms with van der Waals surface area (Å²) in [6, 6.07) is 8.29. The van der Waals surface area contributed by atoms with E-state index < -0.39 is 0 Å². The summed E-state index contributed by atoms with van der Waals surface area (Å²) in [7, 11) is 3.99. The van der Waals surface area contributed by atoms with Gasteiger partial charge in [-0.3, -0.25) is 4.79 Å². The SMILES string of the molecule is CNc1c(-c2nc3ccc(N4CCN(C)CC4)cc3[nH]2)c(=O)[nH]c2sccc12. The molecule has 0 spiro atoms. The van der Waals surface area contributed by atoms with Gasteiger partial charge >= 0.3 is 0 Å². The van der Waals surface area contributed by atoms with Gasteiger partial charge in [0.05, 0.1) is 16.7 Å². The van der Waals surface area contributed by atoms with Crippen LogP contribution >= 0.6 is 11.3 Å². The molecule has 4 aromatic rings. The fraction of sp³-hybridized carbons (Fsp3) is 0.300. The van der Waals surface area contributed by atoms with E-state index in [0.717, 1.165) is 53.1 Å². The molecular formula is C20H22N6OS. The summed E-state index contributed by atoms with van der Waals surface area (Å²) in [5, 5.41) is 6.17. The van der Waals surface area contributed by atoms with Crippen molar-refractivity contribution < 1.29 is 0 Å². The maximum Gasteiger partial charge on any atom is 0.262 e. The van der Waals surface area contributed by atoms with Crippen LogP contribution in [-0.4, -0.2) is 60.1 Å². The van der Waals surface area contributed by atoms with Gasteiger partial charge in [-0.15, -0.1) is 11.3 Å². The molecule has 3 N–H and O–H groups in total. The molecule has 1 aliphatic rings. The van der Waals surface area contributed by atoms with E-state index in [1.807, 2.05) is 24.6 Å². The highest BCUT2D eigenvalue weighted by atomic mass is 32.1. The lowest BCUT2D eigenvalue weighted by molar-refractivity contribution is 0.313. The number of nitrogens with one attached hydrogen (secondary N) is 3. The summed E-state index contributed by atoms with van der Waals surface area (Å²) in [4.78, 5) is 29.4. The van der Waals surface area contributed by atoms with Crippen LogP contribution in [-0.2, 0) is 0 Å². The Labute approximate surface area is 166 Å².